The minimum atomic E-state index is -0.0893. The highest BCUT2D eigenvalue weighted by atomic mass is 16.5. The number of hydrogen-bond acceptors (Lipinski definition) is 4. The first-order valence-corrected chi connectivity index (χ1v) is 12.1. The van der Waals surface area contributed by atoms with Crippen LogP contribution in [0.2, 0.25) is 0 Å². The smallest absolute Gasteiger partial charge is 0.315 e. The number of nitrogens with one attached hydrogen (secondary N) is 2. The minimum Gasteiger partial charge on any atom is -0.379 e. The van der Waals surface area contributed by atoms with Crippen LogP contribution in [0.5, 0.6) is 0 Å². The van der Waals surface area contributed by atoms with Gasteiger partial charge in [0, 0.05) is 38.8 Å². The van der Waals surface area contributed by atoms with Gasteiger partial charge >= 0.3 is 6.03 Å². The summed E-state index contributed by atoms with van der Waals surface area (Å²) in [6.45, 7) is 15.0. The molecule has 1 atom stereocenters. The molecule has 0 aliphatic carbocycles. The zero-order valence-corrected chi connectivity index (χ0v) is 19.7. The number of ether oxygens (including phenoxy) is 1. The Morgan fingerprint density at radius 1 is 1.03 bits per heavy atom. The third kappa shape index (κ3) is 8.43. The maximum atomic E-state index is 12.4. The van der Waals surface area contributed by atoms with Crippen molar-refractivity contribution in [1.82, 2.24) is 20.4 Å². The van der Waals surface area contributed by atoms with Gasteiger partial charge < -0.3 is 15.4 Å². The Morgan fingerprint density at radius 2 is 1.68 bits per heavy atom. The molecule has 31 heavy (non-hydrogen) atoms. The van der Waals surface area contributed by atoms with Gasteiger partial charge in [-0.25, -0.2) is 4.79 Å². The fourth-order valence-electron chi connectivity index (χ4n) is 4.54. The van der Waals surface area contributed by atoms with Gasteiger partial charge in [-0.1, -0.05) is 45.0 Å². The van der Waals surface area contributed by atoms with Crippen molar-refractivity contribution >= 4 is 6.03 Å². The van der Waals surface area contributed by atoms with Gasteiger partial charge in [-0.05, 0) is 55.3 Å². The second-order valence-electron chi connectivity index (χ2n) is 9.77. The molecule has 2 aliphatic rings. The number of amides is 2. The van der Waals surface area contributed by atoms with Crippen molar-refractivity contribution in [3.63, 3.8) is 0 Å². The molecule has 2 N–H and O–H groups in total. The number of carbonyl (C=O) groups is 1. The van der Waals surface area contributed by atoms with Gasteiger partial charge in [0.1, 0.15) is 0 Å². The lowest BCUT2D eigenvalue weighted by Gasteiger charge is -2.35. The Balaban J connectivity index is 1.39. The largest absolute Gasteiger partial charge is 0.379 e. The van der Waals surface area contributed by atoms with Crippen molar-refractivity contribution in [2.45, 2.75) is 59.2 Å². The summed E-state index contributed by atoms with van der Waals surface area (Å²) in [4.78, 5) is 17.4. The van der Waals surface area contributed by atoms with Crippen molar-refractivity contribution in [3.8, 4) is 0 Å². The predicted molar refractivity (Wildman–Crippen MR) is 126 cm³/mol. The maximum Gasteiger partial charge on any atom is 0.315 e. The molecule has 6 heteroatoms. The van der Waals surface area contributed by atoms with Gasteiger partial charge in [-0.15, -0.1) is 0 Å². The number of urea groups is 1. The van der Waals surface area contributed by atoms with Gasteiger partial charge in [0.25, 0.3) is 0 Å². The van der Waals surface area contributed by atoms with E-state index in [9.17, 15) is 4.79 Å². The van der Waals surface area contributed by atoms with Gasteiger partial charge in [0.15, 0.2) is 0 Å². The van der Waals surface area contributed by atoms with E-state index >= 15 is 0 Å². The topological polar surface area (TPSA) is 56.8 Å². The molecule has 2 fully saturated rings. The molecule has 2 aliphatic heterocycles. The van der Waals surface area contributed by atoms with E-state index in [2.05, 4.69) is 65.5 Å². The van der Waals surface area contributed by atoms with Gasteiger partial charge in [0.05, 0.1) is 13.2 Å². The molecule has 2 amide bonds. The Labute approximate surface area is 188 Å². The van der Waals surface area contributed by atoms with E-state index < -0.39 is 0 Å². The van der Waals surface area contributed by atoms with Crippen molar-refractivity contribution in [2.75, 3.05) is 45.9 Å². The fraction of sp³-hybridized carbons (Fsp3) is 0.720. The highest BCUT2D eigenvalue weighted by Gasteiger charge is 2.22. The standard InChI is InChI=1S/C25H42N4O2/c1-20(2)16-24(29-12-14-31-15-13-29)18-27-25(30)26-17-22-4-6-23(7-5-22)19-28-10-8-21(3)9-11-28/h4-7,20-21,24H,8-19H2,1-3H3,(H2,26,27,30). The Bertz CT molecular complexity index is 650. The van der Waals surface area contributed by atoms with Crippen LogP contribution in [0.25, 0.3) is 0 Å². The lowest BCUT2D eigenvalue weighted by molar-refractivity contribution is 0.0129. The quantitative estimate of drug-likeness (QED) is 0.630. The van der Waals surface area contributed by atoms with Crippen LogP contribution in [0, 0.1) is 11.8 Å². The van der Waals surface area contributed by atoms with E-state index in [0.29, 0.717) is 25.0 Å². The number of morpholine rings is 1. The average molecular weight is 431 g/mol. The maximum absolute atomic E-state index is 12.4. The van der Waals surface area contributed by atoms with Crippen molar-refractivity contribution < 1.29 is 9.53 Å². The molecule has 0 aromatic heterocycles. The van der Waals surface area contributed by atoms with E-state index in [-0.39, 0.29) is 6.03 Å². The fourth-order valence-corrected chi connectivity index (χ4v) is 4.54. The van der Waals surface area contributed by atoms with E-state index in [4.69, 9.17) is 4.74 Å². The number of rotatable bonds is 9. The van der Waals surface area contributed by atoms with Crippen LogP contribution in [0.4, 0.5) is 4.79 Å². The van der Waals surface area contributed by atoms with E-state index in [1.54, 1.807) is 0 Å². The molecule has 0 bridgehead atoms. The summed E-state index contributed by atoms with van der Waals surface area (Å²) >= 11 is 0. The van der Waals surface area contributed by atoms with Crippen LogP contribution >= 0.6 is 0 Å². The number of hydrogen-bond donors (Lipinski definition) is 2. The van der Waals surface area contributed by atoms with Gasteiger partial charge in [-0.3, -0.25) is 9.80 Å². The monoisotopic (exact) mass is 430 g/mol. The Kier molecular flexibility index (Phi) is 9.62. The van der Waals surface area contributed by atoms with E-state index in [0.717, 1.165) is 50.8 Å². The summed E-state index contributed by atoms with van der Waals surface area (Å²) in [6.07, 6.45) is 3.69. The predicted octanol–water partition coefficient (Wildman–Crippen LogP) is 3.46. The molecule has 1 unspecified atom stereocenters. The van der Waals surface area contributed by atoms with Crippen molar-refractivity contribution in [3.05, 3.63) is 35.4 Å². The summed E-state index contributed by atoms with van der Waals surface area (Å²) in [5, 5.41) is 6.10. The Morgan fingerprint density at radius 3 is 2.32 bits per heavy atom. The zero-order valence-electron chi connectivity index (χ0n) is 19.7. The highest BCUT2D eigenvalue weighted by molar-refractivity contribution is 5.73. The molecule has 1 aromatic rings. The molecule has 0 radical (unpaired) electrons. The third-order valence-electron chi connectivity index (χ3n) is 6.56. The Hall–Kier alpha value is -1.63. The zero-order chi connectivity index (χ0) is 22.1. The number of benzene rings is 1. The summed E-state index contributed by atoms with van der Waals surface area (Å²) in [5.74, 6) is 1.47. The molecule has 2 saturated heterocycles. The summed E-state index contributed by atoms with van der Waals surface area (Å²) < 4.78 is 5.48. The van der Waals surface area contributed by atoms with E-state index in [1.165, 1.54) is 31.5 Å². The summed E-state index contributed by atoms with van der Waals surface area (Å²) in [6, 6.07) is 8.95. The molecule has 0 spiro atoms. The molecule has 3 rings (SSSR count). The first-order chi connectivity index (χ1) is 15.0. The van der Waals surface area contributed by atoms with Crippen molar-refractivity contribution in [2.24, 2.45) is 11.8 Å². The summed E-state index contributed by atoms with van der Waals surface area (Å²) in [7, 11) is 0. The first-order valence-electron chi connectivity index (χ1n) is 12.1. The average Bonchev–Trinajstić information content (AvgIpc) is 2.78. The number of carbonyl (C=O) groups excluding carboxylic acids is 1. The number of likely N-dealkylation sites (tertiary alicyclic amines) is 1. The highest BCUT2D eigenvalue weighted by Crippen LogP contribution is 2.18. The van der Waals surface area contributed by atoms with Crippen molar-refractivity contribution in [1.29, 1.82) is 0 Å². The van der Waals surface area contributed by atoms with Crippen LogP contribution < -0.4 is 10.6 Å². The minimum absolute atomic E-state index is 0.0893. The van der Waals surface area contributed by atoms with Crippen LogP contribution in [0.1, 0.15) is 51.2 Å². The third-order valence-corrected chi connectivity index (χ3v) is 6.56. The lowest BCUT2D eigenvalue weighted by Crippen LogP contribution is -2.50. The van der Waals surface area contributed by atoms with Crippen LogP contribution in [0.15, 0.2) is 24.3 Å². The van der Waals surface area contributed by atoms with Crippen LogP contribution in [-0.4, -0.2) is 67.8 Å². The van der Waals surface area contributed by atoms with Crippen LogP contribution in [0.3, 0.4) is 0 Å². The number of nitrogens with zero attached hydrogens (tertiary/aromatic N) is 2. The first kappa shape index (κ1) is 24.0. The molecule has 1 aromatic carbocycles. The molecule has 2 heterocycles. The van der Waals surface area contributed by atoms with Gasteiger partial charge in [-0.2, -0.15) is 0 Å². The lowest BCUT2D eigenvalue weighted by atomic mass is 9.99. The molecular formula is C25H42N4O2. The van der Waals surface area contributed by atoms with Gasteiger partial charge in [0.2, 0.25) is 0 Å². The summed E-state index contributed by atoms with van der Waals surface area (Å²) in [5.41, 5.74) is 2.49. The second kappa shape index (κ2) is 12.4. The molecule has 174 valence electrons. The number of piperidine rings is 1. The SMILES string of the molecule is CC(C)CC(CNC(=O)NCc1ccc(CN2CCC(C)CC2)cc1)N1CCOCC1. The molecule has 6 nitrogen and oxygen atoms in total. The normalized spacial score (nSPS) is 20.0. The molecule has 0 saturated carbocycles. The second-order valence-corrected chi connectivity index (χ2v) is 9.77. The van der Waals surface area contributed by atoms with Crippen LogP contribution in [-0.2, 0) is 17.8 Å². The van der Waals surface area contributed by atoms with E-state index in [1.807, 2.05) is 0 Å². The molecular weight excluding hydrogens is 388 g/mol.